The minimum absolute atomic E-state index is 0.0119. The number of likely N-dealkylation sites (N-methyl/N-ethyl adjacent to an activating group) is 1. The van der Waals surface area contributed by atoms with E-state index in [1.165, 1.54) is 44.2 Å². The standard InChI is InChI=1S/C21H26BrN3O4S/c1-13-9-14(2)20(15(3)10-13)23-19(26)12-25(6)21(27)16-7-8-17(22)18(11-16)30(28,29)24(4)5/h7-11H,12H2,1-6H3,(H,23,26). The molecule has 0 spiro atoms. The number of hydrogen-bond donors (Lipinski definition) is 1. The second-order valence-corrected chi connectivity index (χ2v) is 10.4. The third kappa shape index (κ3) is 5.27. The first-order valence-electron chi connectivity index (χ1n) is 9.20. The molecule has 0 unspecified atom stereocenters. The summed E-state index contributed by atoms with van der Waals surface area (Å²) in [5.74, 6) is -0.788. The molecule has 2 rings (SSSR count). The molecule has 0 atom stereocenters. The van der Waals surface area contributed by atoms with Gasteiger partial charge in [-0.15, -0.1) is 0 Å². The molecule has 0 aliphatic rings. The molecule has 7 nitrogen and oxygen atoms in total. The van der Waals surface area contributed by atoms with E-state index in [2.05, 4.69) is 21.2 Å². The molecule has 0 bridgehead atoms. The van der Waals surface area contributed by atoms with Gasteiger partial charge in [-0.05, 0) is 66.0 Å². The zero-order valence-electron chi connectivity index (χ0n) is 17.9. The van der Waals surface area contributed by atoms with Gasteiger partial charge < -0.3 is 10.2 Å². The van der Waals surface area contributed by atoms with Crippen molar-refractivity contribution in [1.29, 1.82) is 0 Å². The molecule has 1 N–H and O–H groups in total. The number of nitrogens with zero attached hydrogens (tertiary/aromatic N) is 2. The highest BCUT2D eigenvalue weighted by Crippen LogP contribution is 2.26. The van der Waals surface area contributed by atoms with Gasteiger partial charge in [0.15, 0.2) is 0 Å². The predicted octanol–water partition coefficient (Wildman–Crippen LogP) is 3.34. The van der Waals surface area contributed by atoms with Crippen LogP contribution in [0.25, 0.3) is 0 Å². The van der Waals surface area contributed by atoms with Crippen LogP contribution in [0.15, 0.2) is 39.7 Å². The summed E-state index contributed by atoms with van der Waals surface area (Å²) in [6, 6.07) is 8.29. The van der Waals surface area contributed by atoms with E-state index in [0.717, 1.165) is 26.7 Å². The minimum Gasteiger partial charge on any atom is -0.332 e. The van der Waals surface area contributed by atoms with Crippen LogP contribution in [-0.4, -0.2) is 57.1 Å². The summed E-state index contributed by atoms with van der Waals surface area (Å²) >= 11 is 3.22. The highest BCUT2D eigenvalue weighted by Gasteiger charge is 2.24. The fourth-order valence-electron chi connectivity index (χ4n) is 3.09. The van der Waals surface area contributed by atoms with Gasteiger partial charge in [0.05, 0.1) is 11.4 Å². The van der Waals surface area contributed by atoms with Crippen LogP contribution in [-0.2, 0) is 14.8 Å². The lowest BCUT2D eigenvalue weighted by atomic mass is 10.1. The fourth-order valence-corrected chi connectivity index (χ4v) is 4.94. The molecule has 0 radical (unpaired) electrons. The van der Waals surface area contributed by atoms with Crippen molar-refractivity contribution in [2.45, 2.75) is 25.7 Å². The Bertz CT molecular complexity index is 1070. The first-order chi connectivity index (χ1) is 13.8. The number of rotatable bonds is 6. The van der Waals surface area contributed by atoms with E-state index < -0.39 is 15.9 Å². The molecule has 0 aromatic heterocycles. The number of halogens is 1. The van der Waals surface area contributed by atoms with Gasteiger partial charge in [0.2, 0.25) is 15.9 Å². The van der Waals surface area contributed by atoms with Crippen LogP contribution in [0.1, 0.15) is 27.0 Å². The molecular formula is C21H26BrN3O4S. The molecule has 0 fully saturated rings. The van der Waals surface area contributed by atoms with Gasteiger partial charge in [0.25, 0.3) is 5.91 Å². The third-order valence-corrected chi connectivity index (χ3v) is 7.41. The Kier molecular flexibility index (Phi) is 7.44. The molecule has 162 valence electrons. The summed E-state index contributed by atoms with van der Waals surface area (Å²) in [6.07, 6.45) is 0. The topological polar surface area (TPSA) is 86.8 Å². The smallest absolute Gasteiger partial charge is 0.254 e. The lowest BCUT2D eigenvalue weighted by molar-refractivity contribution is -0.116. The van der Waals surface area contributed by atoms with E-state index in [1.54, 1.807) is 0 Å². The van der Waals surface area contributed by atoms with Crippen molar-refractivity contribution in [3.63, 3.8) is 0 Å². The van der Waals surface area contributed by atoms with Crippen molar-refractivity contribution in [2.75, 3.05) is 33.0 Å². The Morgan fingerprint density at radius 3 is 2.10 bits per heavy atom. The van der Waals surface area contributed by atoms with Crippen LogP contribution in [0.5, 0.6) is 0 Å². The van der Waals surface area contributed by atoms with Gasteiger partial charge in [0, 0.05) is 36.9 Å². The number of carbonyl (C=O) groups excluding carboxylic acids is 2. The van der Waals surface area contributed by atoms with Crippen LogP contribution >= 0.6 is 15.9 Å². The lowest BCUT2D eigenvalue weighted by Gasteiger charge is -2.19. The molecular weight excluding hydrogens is 470 g/mol. The van der Waals surface area contributed by atoms with Gasteiger partial charge in [-0.25, -0.2) is 12.7 Å². The van der Waals surface area contributed by atoms with Crippen LogP contribution in [0.3, 0.4) is 0 Å². The molecule has 9 heteroatoms. The Labute approximate surface area is 186 Å². The largest absolute Gasteiger partial charge is 0.332 e. The molecule has 0 saturated heterocycles. The Morgan fingerprint density at radius 2 is 1.57 bits per heavy atom. The average Bonchev–Trinajstić information content (AvgIpc) is 2.64. The van der Waals surface area contributed by atoms with Gasteiger partial charge in [-0.2, -0.15) is 0 Å². The zero-order chi connectivity index (χ0) is 22.8. The number of benzene rings is 2. The van der Waals surface area contributed by atoms with Crippen LogP contribution < -0.4 is 5.32 Å². The molecule has 2 amide bonds. The summed E-state index contributed by atoms with van der Waals surface area (Å²) in [5, 5.41) is 2.86. The minimum atomic E-state index is -3.73. The average molecular weight is 496 g/mol. The molecule has 2 aromatic carbocycles. The van der Waals surface area contributed by atoms with Gasteiger partial charge in [-0.3, -0.25) is 9.59 Å². The molecule has 2 aromatic rings. The van der Waals surface area contributed by atoms with Gasteiger partial charge in [-0.1, -0.05) is 17.7 Å². The summed E-state index contributed by atoms with van der Waals surface area (Å²) < 4.78 is 26.4. The quantitative estimate of drug-likeness (QED) is 0.665. The first kappa shape index (κ1) is 24.0. The monoisotopic (exact) mass is 495 g/mol. The summed E-state index contributed by atoms with van der Waals surface area (Å²) in [5.41, 5.74) is 3.91. The second-order valence-electron chi connectivity index (χ2n) is 7.42. The van der Waals surface area contributed by atoms with Gasteiger partial charge in [0.1, 0.15) is 0 Å². The summed E-state index contributed by atoms with van der Waals surface area (Å²) in [7, 11) is 0.606. The van der Waals surface area contributed by atoms with E-state index in [1.807, 2.05) is 32.9 Å². The first-order valence-corrected chi connectivity index (χ1v) is 11.4. The molecule has 0 heterocycles. The van der Waals surface area contributed by atoms with Crippen molar-refractivity contribution in [3.05, 3.63) is 57.1 Å². The lowest BCUT2D eigenvalue weighted by Crippen LogP contribution is -2.35. The molecule has 30 heavy (non-hydrogen) atoms. The number of aryl methyl sites for hydroxylation is 3. The van der Waals surface area contributed by atoms with Crippen molar-refractivity contribution in [1.82, 2.24) is 9.21 Å². The zero-order valence-corrected chi connectivity index (χ0v) is 20.3. The van der Waals surface area contributed by atoms with Crippen LogP contribution in [0.4, 0.5) is 5.69 Å². The third-order valence-electron chi connectivity index (χ3n) is 4.61. The van der Waals surface area contributed by atoms with Gasteiger partial charge >= 0.3 is 0 Å². The van der Waals surface area contributed by atoms with Crippen molar-refractivity contribution in [3.8, 4) is 0 Å². The Morgan fingerprint density at radius 1 is 1.00 bits per heavy atom. The summed E-state index contributed by atoms with van der Waals surface area (Å²) in [6.45, 7) is 5.65. The van der Waals surface area contributed by atoms with E-state index in [9.17, 15) is 18.0 Å². The van der Waals surface area contributed by atoms with Crippen LogP contribution in [0, 0.1) is 20.8 Å². The van der Waals surface area contributed by atoms with E-state index in [-0.39, 0.29) is 22.9 Å². The SMILES string of the molecule is Cc1cc(C)c(NC(=O)CN(C)C(=O)c2ccc(Br)c(S(=O)(=O)N(C)C)c2)c(C)c1. The van der Waals surface area contributed by atoms with Crippen LogP contribution in [0.2, 0.25) is 0 Å². The summed E-state index contributed by atoms with van der Waals surface area (Å²) in [4.78, 5) is 26.5. The molecule has 0 saturated carbocycles. The number of sulfonamides is 1. The Hall–Kier alpha value is -2.23. The number of amides is 2. The number of nitrogens with one attached hydrogen (secondary N) is 1. The number of hydrogen-bond acceptors (Lipinski definition) is 4. The molecule has 0 aliphatic carbocycles. The van der Waals surface area contributed by atoms with Crippen molar-refractivity contribution >= 4 is 43.5 Å². The maximum atomic E-state index is 12.8. The highest BCUT2D eigenvalue weighted by atomic mass is 79.9. The number of anilines is 1. The van der Waals surface area contributed by atoms with E-state index in [4.69, 9.17) is 0 Å². The maximum Gasteiger partial charge on any atom is 0.254 e. The maximum absolute atomic E-state index is 12.8. The normalized spacial score (nSPS) is 11.5. The van der Waals surface area contributed by atoms with E-state index in [0.29, 0.717) is 4.47 Å². The molecule has 0 aliphatic heterocycles. The predicted molar refractivity (Wildman–Crippen MR) is 121 cm³/mol. The van der Waals surface area contributed by atoms with E-state index >= 15 is 0 Å². The highest BCUT2D eigenvalue weighted by molar-refractivity contribution is 9.10. The fraction of sp³-hybridized carbons (Fsp3) is 0.333. The van der Waals surface area contributed by atoms with Crippen molar-refractivity contribution in [2.24, 2.45) is 0 Å². The van der Waals surface area contributed by atoms with Crippen molar-refractivity contribution < 1.29 is 18.0 Å². The second kappa shape index (κ2) is 9.28. The Balaban J connectivity index is 2.20. The number of carbonyl (C=O) groups is 2.